The summed E-state index contributed by atoms with van der Waals surface area (Å²) in [6, 6.07) is 2.07. The quantitative estimate of drug-likeness (QED) is 0.891. The van der Waals surface area contributed by atoms with Crippen LogP contribution in [-0.2, 0) is 4.74 Å². The molecule has 1 aliphatic carbocycles. The second kappa shape index (κ2) is 5.09. The molecular formula is C14H22O2S. The van der Waals surface area contributed by atoms with Gasteiger partial charge in [-0.05, 0) is 55.5 Å². The van der Waals surface area contributed by atoms with Crippen molar-refractivity contribution in [2.75, 3.05) is 7.11 Å². The fourth-order valence-corrected chi connectivity index (χ4v) is 3.76. The van der Waals surface area contributed by atoms with Gasteiger partial charge in [-0.2, -0.15) is 0 Å². The lowest BCUT2D eigenvalue weighted by molar-refractivity contribution is -0.129. The van der Waals surface area contributed by atoms with E-state index in [9.17, 15) is 5.11 Å². The number of aliphatic hydroxyl groups excluding tert-OH is 1. The first-order chi connectivity index (χ1) is 8.09. The van der Waals surface area contributed by atoms with E-state index in [0.29, 0.717) is 0 Å². The highest BCUT2D eigenvalue weighted by Crippen LogP contribution is 2.44. The van der Waals surface area contributed by atoms with Crippen molar-refractivity contribution in [3.8, 4) is 0 Å². The van der Waals surface area contributed by atoms with Gasteiger partial charge in [-0.15, -0.1) is 11.3 Å². The van der Waals surface area contributed by atoms with Crippen molar-refractivity contribution in [3.63, 3.8) is 0 Å². The van der Waals surface area contributed by atoms with E-state index in [0.717, 1.165) is 36.5 Å². The van der Waals surface area contributed by atoms with Gasteiger partial charge >= 0.3 is 0 Å². The van der Waals surface area contributed by atoms with E-state index in [-0.39, 0.29) is 5.60 Å². The Morgan fingerprint density at radius 1 is 1.47 bits per heavy atom. The predicted molar refractivity (Wildman–Crippen MR) is 71.4 cm³/mol. The first-order valence-electron chi connectivity index (χ1n) is 6.36. The molecule has 0 aromatic carbocycles. The molecule has 2 rings (SSSR count). The highest BCUT2D eigenvalue weighted by molar-refractivity contribution is 7.10. The summed E-state index contributed by atoms with van der Waals surface area (Å²) < 4.78 is 5.72. The Labute approximate surface area is 108 Å². The van der Waals surface area contributed by atoms with Gasteiger partial charge < -0.3 is 9.84 Å². The van der Waals surface area contributed by atoms with Crippen LogP contribution in [0.3, 0.4) is 0 Å². The van der Waals surface area contributed by atoms with Crippen LogP contribution in [0.5, 0.6) is 0 Å². The van der Waals surface area contributed by atoms with Crippen LogP contribution in [0.4, 0.5) is 0 Å². The van der Waals surface area contributed by atoms with E-state index < -0.39 is 6.10 Å². The standard InChI is InChI=1S/C14H22O2S/c1-10-4-7-14(16-3,8-5-10)13(15)12-11(2)6-9-17-12/h6,9-10,13,15H,4-5,7-8H2,1-3H3. The van der Waals surface area contributed by atoms with Gasteiger partial charge in [-0.3, -0.25) is 0 Å². The number of aliphatic hydroxyl groups is 1. The maximum atomic E-state index is 10.6. The maximum absolute atomic E-state index is 10.6. The molecule has 96 valence electrons. The van der Waals surface area contributed by atoms with Crippen LogP contribution in [0.15, 0.2) is 11.4 Å². The normalized spacial score (nSPS) is 31.4. The second-order valence-electron chi connectivity index (χ2n) is 5.32. The Morgan fingerprint density at radius 2 is 2.12 bits per heavy atom. The van der Waals surface area contributed by atoms with Crippen LogP contribution in [0.25, 0.3) is 0 Å². The zero-order valence-corrected chi connectivity index (χ0v) is 11.7. The molecule has 0 bridgehead atoms. The Hall–Kier alpha value is -0.380. The highest BCUT2D eigenvalue weighted by atomic mass is 32.1. The topological polar surface area (TPSA) is 29.5 Å². The SMILES string of the molecule is COC1(C(O)c2sccc2C)CCC(C)CC1. The first-order valence-corrected chi connectivity index (χ1v) is 7.24. The van der Waals surface area contributed by atoms with Crippen molar-refractivity contribution in [2.45, 2.75) is 51.2 Å². The van der Waals surface area contributed by atoms with Crippen LogP contribution in [0, 0.1) is 12.8 Å². The van der Waals surface area contributed by atoms with E-state index in [1.807, 2.05) is 5.38 Å². The molecule has 17 heavy (non-hydrogen) atoms. The molecule has 0 radical (unpaired) electrons. The number of rotatable bonds is 3. The fourth-order valence-electron chi connectivity index (χ4n) is 2.74. The van der Waals surface area contributed by atoms with E-state index in [4.69, 9.17) is 4.74 Å². The zero-order valence-electron chi connectivity index (χ0n) is 10.9. The summed E-state index contributed by atoms with van der Waals surface area (Å²) in [4.78, 5) is 1.07. The lowest BCUT2D eigenvalue weighted by atomic mass is 9.75. The van der Waals surface area contributed by atoms with Gasteiger partial charge in [-0.1, -0.05) is 6.92 Å². The van der Waals surface area contributed by atoms with Crippen molar-refractivity contribution in [3.05, 3.63) is 21.9 Å². The average Bonchev–Trinajstić information content (AvgIpc) is 2.76. The van der Waals surface area contributed by atoms with Crippen LogP contribution in [0.1, 0.15) is 49.2 Å². The van der Waals surface area contributed by atoms with E-state index >= 15 is 0 Å². The van der Waals surface area contributed by atoms with Gasteiger partial charge in [0.25, 0.3) is 0 Å². The Bertz CT molecular complexity index is 364. The number of ether oxygens (including phenoxy) is 1. The summed E-state index contributed by atoms with van der Waals surface area (Å²) >= 11 is 1.64. The average molecular weight is 254 g/mol. The van der Waals surface area contributed by atoms with Gasteiger partial charge in [-0.25, -0.2) is 0 Å². The molecule has 1 heterocycles. The third-order valence-electron chi connectivity index (χ3n) is 4.18. The monoisotopic (exact) mass is 254 g/mol. The van der Waals surface area contributed by atoms with Crippen molar-refractivity contribution in [1.29, 1.82) is 0 Å². The van der Waals surface area contributed by atoms with Gasteiger partial charge in [0.05, 0.1) is 5.60 Å². The third kappa shape index (κ3) is 2.42. The lowest BCUT2D eigenvalue weighted by Crippen LogP contribution is -2.41. The highest BCUT2D eigenvalue weighted by Gasteiger charge is 2.42. The largest absolute Gasteiger partial charge is 0.385 e. The fraction of sp³-hybridized carbons (Fsp3) is 0.714. The predicted octanol–water partition coefficient (Wildman–Crippen LogP) is 3.69. The van der Waals surface area contributed by atoms with Crippen LogP contribution >= 0.6 is 11.3 Å². The summed E-state index contributed by atoms with van der Waals surface area (Å²) in [5.74, 6) is 0.759. The van der Waals surface area contributed by atoms with Crippen molar-refractivity contribution < 1.29 is 9.84 Å². The van der Waals surface area contributed by atoms with Gasteiger partial charge in [0, 0.05) is 12.0 Å². The van der Waals surface area contributed by atoms with Gasteiger partial charge in [0.15, 0.2) is 0 Å². The molecule has 1 N–H and O–H groups in total. The molecule has 1 unspecified atom stereocenters. The van der Waals surface area contributed by atoms with Crippen molar-refractivity contribution >= 4 is 11.3 Å². The van der Waals surface area contributed by atoms with E-state index in [2.05, 4.69) is 19.9 Å². The van der Waals surface area contributed by atoms with Gasteiger partial charge in [0.1, 0.15) is 6.10 Å². The molecular weight excluding hydrogens is 232 g/mol. The summed E-state index contributed by atoms with van der Waals surface area (Å²) in [6.07, 6.45) is 3.75. The molecule has 0 spiro atoms. The number of hydrogen-bond acceptors (Lipinski definition) is 3. The molecule has 1 aromatic heterocycles. The molecule has 1 saturated carbocycles. The Kier molecular flexibility index (Phi) is 3.91. The summed E-state index contributed by atoms with van der Waals surface area (Å²) in [6.45, 7) is 4.34. The molecule has 1 aromatic rings. The Balaban J connectivity index is 2.21. The zero-order chi connectivity index (χ0) is 12.5. The molecule has 0 aliphatic heterocycles. The summed E-state index contributed by atoms with van der Waals surface area (Å²) in [5, 5.41) is 12.7. The second-order valence-corrected chi connectivity index (χ2v) is 6.27. The number of aryl methyl sites for hydroxylation is 1. The van der Waals surface area contributed by atoms with Crippen LogP contribution < -0.4 is 0 Å². The first kappa shape index (κ1) is 13.1. The molecule has 1 aliphatic rings. The number of hydrogen-bond donors (Lipinski definition) is 1. The summed E-state index contributed by atoms with van der Waals surface area (Å²) in [7, 11) is 1.74. The minimum absolute atomic E-state index is 0.359. The van der Waals surface area contributed by atoms with Crippen LogP contribution in [0.2, 0.25) is 0 Å². The maximum Gasteiger partial charge on any atom is 0.117 e. The molecule has 1 fully saturated rings. The molecule has 2 nitrogen and oxygen atoms in total. The van der Waals surface area contributed by atoms with Crippen molar-refractivity contribution in [2.24, 2.45) is 5.92 Å². The smallest absolute Gasteiger partial charge is 0.117 e. The molecule has 3 heteroatoms. The minimum atomic E-state index is -0.472. The number of methoxy groups -OCH3 is 1. The molecule has 1 atom stereocenters. The van der Waals surface area contributed by atoms with Crippen LogP contribution in [-0.4, -0.2) is 17.8 Å². The number of thiophene rings is 1. The van der Waals surface area contributed by atoms with Crippen molar-refractivity contribution in [1.82, 2.24) is 0 Å². The Morgan fingerprint density at radius 3 is 2.59 bits per heavy atom. The van der Waals surface area contributed by atoms with Gasteiger partial charge in [0.2, 0.25) is 0 Å². The molecule has 0 saturated heterocycles. The minimum Gasteiger partial charge on any atom is -0.385 e. The third-order valence-corrected chi connectivity index (χ3v) is 5.25. The van der Waals surface area contributed by atoms with E-state index in [1.165, 1.54) is 5.56 Å². The molecule has 0 amide bonds. The summed E-state index contributed by atoms with van der Waals surface area (Å²) in [5.41, 5.74) is 0.819. The lowest BCUT2D eigenvalue weighted by Gasteiger charge is -2.41. The van der Waals surface area contributed by atoms with E-state index in [1.54, 1.807) is 18.4 Å².